The number of aryl methyl sites for hydroxylation is 1. The highest BCUT2D eigenvalue weighted by atomic mass is 32.2. The third-order valence-corrected chi connectivity index (χ3v) is 2.65. The minimum Gasteiger partial charge on any atom is -0.441 e. The lowest BCUT2D eigenvalue weighted by Gasteiger charge is -1.95. The minimum atomic E-state index is -4.24. The lowest BCUT2D eigenvalue weighted by atomic mass is 10.3. The molecule has 0 radical (unpaired) electrons. The summed E-state index contributed by atoms with van der Waals surface area (Å²) >= 11 is 0. The second kappa shape index (κ2) is 2.79. The number of rotatable bonds is 1. The van der Waals surface area contributed by atoms with Gasteiger partial charge in [0.05, 0.1) is 0 Å². The van der Waals surface area contributed by atoms with Gasteiger partial charge in [0, 0.05) is 6.92 Å². The molecule has 1 N–H and O–H groups in total. The maximum absolute atomic E-state index is 10.9. The van der Waals surface area contributed by atoms with Crippen LogP contribution in [0.1, 0.15) is 5.89 Å². The molecule has 0 bridgehead atoms. The van der Waals surface area contributed by atoms with Crippen molar-refractivity contribution in [3.8, 4) is 0 Å². The predicted molar refractivity (Wildman–Crippen MR) is 48.6 cm³/mol. The first-order chi connectivity index (χ1) is 6.48. The van der Waals surface area contributed by atoms with Gasteiger partial charge in [0.15, 0.2) is 11.5 Å². The van der Waals surface area contributed by atoms with E-state index >= 15 is 0 Å². The van der Waals surface area contributed by atoms with Crippen molar-refractivity contribution in [2.24, 2.45) is 0 Å². The number of para-hydroxylation sites is 1. The summed E-state index contributed by atoms with van der Waals surface area (Å²) in [5, 5.41) is 0. The topological polar surface area (TPSA) is 80.4 Å². The first-order valence-electron chi connectivity index (χ1n) is 3.82. The van der Waals surface area contributed by atoms with Crippen LogP contribution in [0, 0.1) is 6.92 Å². The Morgan fingerprint density at radius 3 is 2.79 bits per heavy atom. The number of nitrogens with zero attached hydrogens (tertiary/aromatic N) is 1. The van der Waals surface area contributed by atoms with Crippen molar-refractivity contribution in [2.75, 3.05) is 0 Å². The Kier molecular flexibility index (Phi) is 1.83. The summed E-state index contributed by atoms with van der Waals surface area (Å²) in [5.41, 5.74) is 0.505. The molecular weight excluding hydrogens is 206 g/mol. The van der Waals surface area contributed by atoms with Gasteiger partial charge in [-0.15, -0.1) is 0 Å². The number of benzene rings is 1. The third-order valence-electron chi connectivity index (χ3n) is 1.77. The van der Waals surface area contributed by atoms with Crippen LogP contribution in [0.4, 0.5) is 0 Å². The monoisotopic (exact) mass is 213 g/mol. The molecule has 2 aromatic rings. The predicted octanol–water partition coefficient (Wildman–Crippen LogP) is 1.38. The fourth-order valence-corrected chi connectivity index (χ4v) is 1.88. The quantitative estimate of drug-likeness (QED) is 0.724. The molecule has 0 unspecified atom stereocenters. The molecule has 6 heteroatoms. The summed E-state index contributed by atoms with van der Waals surface area (Å²) in [6.45, 7) is 1.60. The normalized spacial score (nSPS) is 12.1. The average Bonchev–Trinajstić information content (AvgIpc) is 2.41. The Morgan fingerprint density at radius 1 is 1.43 bits per heavy atom. The van der Waals surface area contributed by atoms with Crippen LogP contribution < -0.4 is 0 Å². The van der Waals surface area contributed by atoms with E-state index in [1.54, 1.807) is 13.0 Å². The average molecular weight is 213 g/mol. The first kappa shape index (κ1) is 9.17. The molecule has 0 amide bonds. The SMILES string of the molecule is Cc1nc2c(S(=O)(=O)O)cccc2o1. The summed E-state index contributed by atoms with van der Waals surface area (Å²) < 4.78 is 35.9. The molecule has 0 saturated heterocycles. The highest BCUT2D eigenvalue weighted by Gasteiger charge is 2.16. The Morgan fingerprint density at radius 2 is 2.14 bits per heavy atom. The smallest absolute Gasteiger partial charge is 0.296 e. The minimum absolute atomic E-state index is 0.160. The zero-order valence-electron chi connectivity index (χ0n) is 7.26. The van der Waals surface area contributed by atoms with Crippen molar-refractivity contribution in [1.82, 2.24) is 4.98 Å². The molecule has 74 valence electrons. The van der Waals surface area contributed by atoms with Crippen molar-refractivity contribution in [3.05, 3.63) is 24.1 Å². The van der Waals surface area contributed by atoms with Crippen LogP contribution in [0.2, 0.25) is 0 Å². The van der Waals surface area contributed by atoms with Crippen LogP contribution in [0.15, 0.2) is 27.5 Å². The lowest BCUT2D eigenvalue weighted by molar-refractivity contribution is 0.484. The molecule has 1 heterocycles. The molecule has 1 aromatic heterocycles. The van der Waals surface area contributed by atoms with Gasteiger partial charge in [0.1, 0.15) is 10.4 Å². The van der Waals surface area contributed by atoms with Crippen LogP contribution in [-0.2, 0) is 10.1 Å². The molecule has 0 aliphatic heterocycles. The molecular formula is C8H7NO4S. The van der Waals surface area contributed by atoms with E-state index in [2.05, 4.69) is 4.98 Å². The Bertz CT molecular complexity index is 584. The van der Waals surface area contributed by atoms with E-state index in [-0.39, 0.29) is 10.4 Å². The van der Waals surface area contributed by atoms with Crippen molar-refractivity contribution in [3.63, 3.8) is 0 Å². The van der Waals surface area contributed by atoms with Gasteiger partial charge in [-0.25, -0.2) is 4.98 Å². The van der Waals surface area contributed by atoms with Crippen LogP contribution >= 0.6 is 0 Å². The van der Waals surface area contributed by atoms with E-state index in [4.69, 9.17) is 8.97 Å². The number of hydrogen-bond acceptors (Lipinski definition) is 4. The number of fused-ring (bicyclic) bond motifs is 1. The standard InChI is InChI=1S/C8H7NO4S/c1-5-9-8-6(13-5)3-2-4-7(8)14(10,11)12/h2-4H,1H3,(H,10,11,12). The molecule has 0 aliphatic rings. The fourth-order valence-electron chi connectivity index (χ4n) is 1.24. The van der Waals surface area contributed by atoms with Gasteiger partial charge >= 0.3 is 0 Å². The van der Waals surface area contributed by atoms with E-state index in [1.165, 1.54) is 12.1 Å². The van der Waals surface area contributed by atoms with E-state index in [0.29, 0.717) is 11.5 Å². The van der Waals surface area contributed by atoms with Crippen molar-refractivity contribution in [1.29, 1.82) is 0 Å². The Balaban J connectivity index is 2.90. The second-order valence-corrected chi connectivity index (χ2v) is 4.20. The lowest BCUT2D eigenvalue weighted by Crippen LogP contribution is -1.98. The van der Waals surface area contributed by atoms with Gasteiger partial charge in [-0.05, 0) is 12.1 Å². The van der Waals surface area contributed by atoms with Crippen LogP contribution in [-0.4, -0.2) is 18.0 Å². The molecule has 0 atom stereocenters. The number of aromatic nitrogens is 1. The van der Waals surface area contributed by atoms with Gasteiger partial charge in [-0.2, -0.15) is 8.42 Å². The summed E-state index contributed by atoms with van der Waals surface area (Å²) in [4.78, 5) is 3.64. The maximum Gasteiger partial charge on any atom is 0.296 e. The highest BCUT2D eigenvalue weighted by Crippen LogP contribution is 2.22. The van der Waals surface area contributed by atoms with Gasteiger partial charge < -0.3 is 4.42 Å². The number of hydrogen-bond donors (Lipinski definition) is 1. The van der Waals surface area contributed by atoms with Crippen LogP contribution in [0.25, 0.3) is 11.1 Å². The largest absolute Gasteiger partial charge is 0.441 e. The molecule has 0 saturated carbocycles. The van der Waals surface area contributed by atoms with E-state index in [0.717, 1.165) is 0 Å². The number of oxazole rings is 1. The summed E-state index contributed by atoms with van der Waals surface area (Å²) in [6, 6.07) is 4.35. The molecule has 0 aliphatic carbocycles. The molecule has 5 nitrogen and oxygen atoms in total. The molecule has 1 aromatic carbocycles. The van der Waals surface area contributed by atoms with Crippen molar-refractivity contribution >= 4 is 21.2 Å². The molecule has 2 rings (SSSR count). The van der Waals surface area contributed by atoms with E-state index < -0.39 is 10.1 Å². The van der Waals surface area contributed by atoms with Crippen LogP contribution in [0.5, 0.6) is 0 Å². The summed E-state index contributed by atoms with van der Waals surface area (Å²) in [7, 11) is -4.24. The van der Waals surface area contributed by atoms with Crippen LogP contribution in [0.3, 0.4) is 0 Å². The van der Waals surface area contributed by atoms with Gasteiger partial charge in [-0.1, -0.05) is 6.07 Å². The van der Waals surface area contributed by atoms with Crippen molar-refractivity contribution < 1.29 is 17.4 Å². The van der Waals surface area contributed by atoms with E-state index in [9.17, 15) is 8.42 Å². The first-order valence-corrected chi connectivity index (χ1v) is 5.26. The molecule has 14 heavy (non-hydrogen) atoms. The molecule has 0 fully saturated rings. The second-order valence-electron chi connectivity index (χ2n) is 2.81. The van der Waals surface area contributed by atoms with E-state index in [1.807, 2.05) is 0 Å². The third kappa shape index (κ3) is 1.38. The fraction of sp³-hybridized carbons (Fsp3) is 0.125. The Labute approximate surface area is 80.1 Å². The Hall–Kier alpha value is -1.40. The highest BCUT2D eigenvalue weighted by molar-refractivity contribution is 7.86. The van der Waals surface area contributed by atoms with Crippen molar-refractivity contribution in [2.45, 2.75) is 11.8 Å². The zero-order chi connectivity index (χ0) is 10.3. The maximum atomic E-state index is 10.9. The summed E-state index contributed by atoms with van der Waals surface area (Å²) in [6.07, 6.45) is 0. The molecule has 0 spiro atoms. The van der Waals surface area contributed by atoms with Gasteiger partial charge in [-0.3, -0.25) is 4.55 Å². The zero-order valence-corrected chi connectivity index (χ0v) is 8.08. The summed E-state index contributed by atoms with van der Waals surface area (Å²) in [5.74, 6) is 0.358. The van der Waals surface area contributed by atoms with Gasteiger partial charge in [0.2, 0.25) is 0 Å². The van der Waals surface area contributed by atoms with Gasteiger partial charge in [0.25, 0.3) is 10.1 Å².